The molecule has 8 heteroatoms. The first-order valence-electron chi connectivity index (χ1n) is 11.2. The molecular formula is C27H28N2O6. The van der Waals surface area contributed by atoms with Crippen molar-refractivity contribution in [3.63, 3.8) is 0 Å². The Bertz CT molecular complexity index is 1250. The summed E-state index contributed by atoms with van der Waals surface area (Å²) >= 11 is 0. The first kappa shape index (κ1) is 23.9. The van der Waals surface area contributed by atoms with Crippen molar-refractivity contribution in [2.24, 2.45) is 0 Å². The Morgan fingerprint density at radius 3 is 2.37 bits per heavy atom. The summed E-state index contributed by atoms with van der Waals surface area (Å²) in [5.74, 6) is -0.407. The first-order valence-corrected chi connectivity index (χ1v) is 11.2. The number of ether oxygens (including phenoxy) is 2. The summed E-state index contributed by atoms with van der Waals surface area (Å²) in [5.41, 5.74) is 2.62. The Morgan fingerprint density at radius 2 is 1.77 bits per heavy atom. The number of aliphatic hydroxyl groups excluding tert-OH is 1. The lowest BCUT2D eigenvalue weighted by Gasteiger charge is -2.27. The average molecular weight is 477 g/mol. The number of carbonyl (C=O) groups excluding carboxylic acids is 2. The normalized spacial score (nSPS) is 15.5. The van der Waals surface area contributed by atoms with Crippen LogP contribution in [0.15, 0.2) is 76.6 Å². The number of anilines is 1. The standard InChI is InChI=1S/C27H28N2O6/c1-28(2)19-10-8-18(9-11-19)24-23(25(30)21-6-5-15-35-21)26(31)27(32)29(24)14-13-17-7-12-20(33-3)22(16-17)34-4/h5-12,15-16,24,31H,13-14H2,1-4H3/t24-/m1/s1. The van der Waals surface area contributed by atoms with Gasteiger partial charge < -0.3 is 28.8 Å². The van der Waals surface area contributed by atoms with E-state index in [9.17, 15) is 14.7 Å². The first-order chi connectivity index (χ1) is 16.8. The Morgan fingerprint density at radius 1 is 1.06 bits per heavy atom. The fraction of sp³-hybridized carbons (Fsp3) is 0.259. The highest BCUT2D eigenvalue weighted by Gasteiger charge is 2.44. The lowest BCUT2D eigenvalue weighted by Crippen LogP contribution is -2.33. The molecule has 2 aromatic carbocycles. The largest absolute Gasteiger partial charge is 0.503 e. The molecule has 1 amide bonds. The van der Waals surface area contributed by atoms with E-state index in [0.29, 0.717) is 17.9 Å². The summed E-state index contributed by atoms with van der Waals surface area (Å²) in [6.07, 6.45) is 1.87. The van der Waals surface area contributed by atoms with E-state index in [0.717, 1.165) is 16.8 Å². The minimum Gasteiger partial charge on any atom is -0.503 e. The van der Waals surface area contributed by atoms with E-state index in [1.165, 1.54) is 17.2 Å². The minimum absolute atomic E-state index is 0.00913. The highest BCUT2D eigenvalue weighted by molar-refractivity contribution is 6.15. The van der Waals surface area contributed by atoms with Gasteiger partial charge in [-0.1, -0.05) is 18.2 Å². The van der Waals surface area contributed by atoms with Gasteiger partial charge in [0.25, 0.3) is 5.91 Å². The molecule has 1 N–H and O–H groups in total. The summed E-state index contributed by atoms with van der Waals surface area (Å²) in [7, 11) is 6.99. The molecule has 35 heavy (non-hydrogen) atoms. The number of carbonyl (C=O) groups is 2. The van der Waals surface area contributed by atoms with E-state index in [-0.39, 0.29) is 17.9 Å². The van der Waals surface area contributed by atoms with Crippen LogP contribution in [0.5, 0.6) is 11.5 Å². The number of benzene rings is 2. The van der Waals surface area contributed by atoms with E-state index in [1.54, 1.807) is 26.4 Å². The second-order valence-electron chi connectivity index (χ2n) is 8.40. The smallest absolute Gasteiger partial charge is 0.290 e. The Balaban J connectivity index is 1.68. The fourth-order valence-corrected chi connectivity index (χ4v) is 4.24. The minimum atomic E-state index is -0.753. The zero-order chi connectivity index (χ0) is 25.1. The van der Waals surface area contributed by atoms with Crippen LogP contribution >= 0.6 is 0 Å². The van der Waals surface area contributed by atoms with Gasteiger partial charge in [-0.05, 0) is 53.9 Å². The number of rotatable bonds is 9. The number of amides is 1. The van der Waals surface area contributed by atoms with Gasteiger partial charge in [-0.25, -0.2) is 0 Å². The Hall–Kier alpha value is -4.20. The molecule has 182 valence electrons. The number of hydrogen-bond donors (Lipinski definition) is 1. The highest BCUT2D eigenvalue weighted by atomic mass is 16.5. The van der Waals surface area contributed by atoms with E-state index in [1.807, 2.05) is 55.4 Å². The predicted molar refractivity (Wildman–Crippen MR) is 131 cm³/mol. The lowest BCUT2D eigenvalue weighted by molar-refractivity contribution is -0.129. The van der Waals surface area contributed by atoms with Gasteiger partial charge in [0, 0.05) is 26.3 Å². The molecule has 0 unspecified atom stereocenters. The number of furan rings is 1. The molecule has 0 radical (unpaired) electrons. The second kappa shape index (κ2) is 9.97. The molecule has 0 bridgehead atoms. The molecule has 2 heterocycles. The zero-order valence-electron chi connectivity index (χ0n) is 20.1. The van der Waals surface area contributed by atoms with Crippen LogP contribution in [0.3, 0.4) is 0 Å². The van der Waals surface area contributed by atoms with E-state index < -0.39 is 23.5 Å². The molecule has 1 aliphatic rings. The number of Topliss-reactive ketones (excluding diaryl/α,β-unsaturated/α-hetero) is 1. The molecule has 0 aliphatic carbocycles. The molecule has 0 saturated heterocycles. The maximum Gasteiger partial charge on any atom is 0.290 e. The molecule has 0 fully saturated rings. The highest BCUT2D eigenvalue weighted by Crippen LogP contribution is 2.39. The van der Waals surface area contributed by atoms with Gasteiger partial charge in [0.2, 0.25) is 5.78 Å². The van der Waals surface area contributed by atoms with Crippen LogP contribution in [0.25, 0.3) is 0 Å². The van der Waals surface area contributed by atoms with Crippen LogP contribution in [0, 0.1) is 0 Å². The summed E-state index contributed by atoms with van der Waals surface area (Å²) in [6.45, 7) is 0.271. The summed E-state index contributed by atoms with van der Waals surface area (Å²) in [6, 6.07) is 15.5. The van der Waals surface area contributed by atoms with Crippen molar-refractivity contribution in [2.75, 3.05) is 39.8 Å². The van der Waals surface area contributed by atoms with Crippen molar-refractivity contribution >= 4 is 17.4 Å². The third-order valence-electron chi connectivity index (χ3n) is 6.11. The molecule has 4 rings (SSSR count). The molecule has 1 atom stereocenters. The van der Waals surface area contributed by atoms with Crippen LogP contribution < -0.4 is 14.4 Å². The average Bonchev–Trinajstić information content (AvgIpc) is 3.50. The monoisotopic (exact) mass is 476 g/mol. The molecule has 0 saturated carbocycles. The van der Waals surface area contributed by atoms with Crippen molar-refractivity contribution in [2.45, 2.75) is 12.5 Å². The Labute approximate surface area is 204 Å². The fourth-order valence-electron chi connectivity index (χ4n) is 4.24. The van der Waals surface area contributed by atoms with Crippen molar-refractivity contribution in [1.29, 1.82) is 0 Å². The van der Waals surface area contributed by atoms with Crippen molar-refractivity contribution in [3.05, 3.63) is 89.1 Å². The second-order valence-corrected chi connectivity index (χ2v) is 8.40. The topological polar surface area (TPSA) is 92.5 Å². The van der Waals surface area contributed by atoms with Gasteiger partial charge in [0.05, 0.1) is 32.1 Å². The summed E-state index contributed by atoms with van der Waals surface area (Å²) < 4.78 is 16.0. The van der Waals surface area contributed by atoms with Crippen LogP contribution in [0.4, 0.5) is 5.69 Å². The van der Waals surface area contributed by atoms with Gasteiger partial charge >= 0.3 is 0 Å². The maximum atomic E-state index is 13.3. The molecule has 1 aliphatic heterocycles. The van der Waals surface area contributed by atoms with Crippen LogP contribution in [0.1, 0.15) is 27.7 Å². The molecule has 0 spiro atoms. The van der Waals surface area contributed by atoms with Gasteiger partial charge in [0.15, 0.2) is 23.0 Å². The third-order valence-corrected chi connectivity index (χ3v) is 6.11. The zero-order valence-corrected chi connectivity index (χ0v) is 20.1. The van der Waals surface area contributed by atoms with Crippen molar-refractivity contribution < 1.29 is 28.6 Å². The Kier molecular flexibility index (Phi) is 6.82. The predicted octanol–water partition coefficient (Wildman–Crippen LogP) is 4.18. The molecule has 8 nitrogen and oxygen atoms in total. The summed E-state index contributed by atoms with van der Waals surface area (Å²) in [5, 5.41) is 10.8. The van der Waals surface area contributed by atoms with Crippen LogP contribution in [-0.2, 0) is 11.2 Å². The molecular weight excluding hydrogens is 448 g/mol. The van der Waals surface area contributed by atoms with Crippen molar-refractivity contribution in [3.8, 4) is 11.5 Å². The van der Waals surface area contributed by atoms with E-state index in [4.69, 9.17) is 13.9 Å². The summed E-state index contributed by atoms with van der Waals surface area (Å²) in [4.78, 5) is 29.9. The van der Waals surface area contributed by atoms with E-state index >= 15 is 0 Å². The maximum absolute atomic E-state index is 13.3. The van der Waals surface area contributed by atoms with Gasteiger partial charge in [-0.2, -0.15) is 0 Å². The van der Waals surface area contributed by atoms with Crippen LogP contribution in [0.2, 0.25) is 0 Å². The number of ketones is 1. The van der Waals surface area contributed by atoms with Gasteiger partial charge in [0.1, 0.15) is 0 Å². The quantitative estimate of drug-likeness (QED) is 0.463. The number of hydrogen-bond acceptors (Lipinski definition) is 7. The van der Waals surface area contributed by atoms with Gasteiger partial charge in [-0.15, -0.1) is 0 Å². The van der Waals surface area contributed by atoms with E-state index in [2.05, 4.69) is 0 Å². The number of nitrogens with zero attached hydrogens (tertiary/aromatic N) is 2. The molecule has 1 aromatic heterocycles. The number of methoxy groups -OCH3 is 2. The SMILES string of the molecule is COc1ccc(CCN2C(=O)C(O)=C(C(=O)c3ccco3)[C@H]2c2ccc(N(C)C)cc2)cc1OC. The van der Waals surface area contributed by atoms with Crippen LogP contribution in [-0.4, -0.2) is 56.6 Å². The van der Waals surface area contributed by atoms with Crippen molar-refractivity contribution in [1.82, 2.24) is 4.90 Å². The number of aliphatic hydroxyl groups is 1. The molecule has 3 aromatic rings. The van der Waals surface area contributed by atoms with Gasteiger partial charge in [-0.3, -0.25) is 9.59 Å². The third kappa shape index (κ3) is 4.59. The lowest BCUT2D eigenvalue weighted by atomic mass is 9.94.